The van der Waals surface area contributed by atoms with Gasteiger partial charge < -0.3 is 19.7 Å². The molecule has 0 bridgehead atoms. The average molecular weight is 475 g/mol. The number of likely N-dealkylation sites (tertiary alicyclic amines) is 1. The summed E-state index contributed by atoms with van der Waals surface area (Å²) in [5, 5.41) is 12.2. The third-order valence-corrected chi connectivity index (χ3v) is 6.31. The van der Waals surface area contributed by atoms with Crippen LogP contribution in [0.2, 0.25) is 0 Å². The standard InChI is InChI=1S/C24H30N2O6S/c27-23(15-19-10-12-26(13-11-19)17-33(30)31)25-22(24(28)29)14-18-6-8-21(9-7-18)32-16-20-4-2-1-3-5-20/h1-9,19,22H,10-17H2,(H,25,27)(H,28,29)(H,30,31)/t22-/m0/s1. The second-order valence-electron chi connectivity index (χ2n) is 8.30. The Morgan fingerprint density at radius 1 is 1.06 bits per heavy atom. The van der Waals surface area contributed by atoms with E-state index >= 15 is 0 Å². The maximum atomic E-state index is 12.5. The molecule has 1 aliphatic heterocycles. The van der Waals surface area contributed by atoms with E-state index in [9.17, 15) is 18.9 Å². The Labute approximate surface area is 196 Å². The minimum Gasteiger partial charge on any atom is -0.489 e. The Balaban J connectivity index is 1.45. The van der Waals surface area contributed by atoms with Gasteiger partial charge in [0.1, 0.15) is 24.3 Å². The van der Waals surface area contributed by atoms with E-state index in [1.54, 1.807) is 12.1 Å². The van der Waals surface area contributed by atoms with Crippen LogP contribution >= 0.6 is 0 Å². The number of rotatable bonds is 11. The number of aliphatic carboxylic acids is 1. The number of amides is 1. The first kappa shape index (κ1) is 24.9. The summed E-state index contributed by atoms with van der Waals surface area (Å²) in [4.78, 5) is 26.1. The smallest absolute Gasteiger partial charge is 0.326 e. The molecule has 2 atom stereocenters. The average Bonchev–Trinajstić information content (AvgIpc) is 2.80. The summed E-state index contributed by atoms with van der Waals surface area (Å²) in [6.45, 7) is 1.77. The van der Waals surface area contributed by atoms with Crippen LogP contribution in [-0.4, -0.2) is 55.7 Å². The van der Waals surface area contributed by atoms with E-state index in [1.807, 2.05) is 47.4 Å². The van der Waals surface area contributed by atoms with Gasteiger partial charge in [-0.2, -0.15) is 0 Å². The monoisotopic (exact) mass is 474 g/mol. The highest BCUT2D eigenvalue weighted by atomic mass is 32.2. The van der Waals surface area contributed by atoms with Gasteiger partial charge in [0.05, 0.1) is 0 Å². The third kappa shape index (κ3) is 8.60. The van der Waals surface area contributed by atoms with Crippen LogP contribution in [-0.2, 0) is 33.7 Å². The van der Waals surface area contributed by atoms with Gasteiger partial charge in [0.2, 0.25) is 5.91 Å². The fraction of sp³-hybridized carbons (Fsp3) is 0.417. The number of carboxylic acid groups (broad SMARTS) is 1. The molecule has 0 aromatic heterocycles. The van der Waals surface area contributed by atoms with Crippen molar-refractivity contribution in [1.82, 2.24) is 10.2 Å². The fourth-order valence-electron chi connectivity index (χ4n) is 3.89. The van der Waals surface area contributed by atoms with Gasteiger partial charge in [-0.25, -0.2) is 9.00 Å². The molecule has 0 radical (unpaired) electrons. The van der Waals surface area contributed by atoms with Crippen LogP contribution in [0.1, 0.15) is 30.4 Å². The maximum absolute atomic E-state index is 12.5. The summed E-state index contributed by atoms with van der Waals surface area (Å²) in [7, 11) is 0. The molecule has 1 amide bonds. The van der Waals surface area contributed by atoms with Gasteiger partial charge >= 0.3 is 5.97 Å². The molecule has 9 heteroatoms. The topological polar surface area (TPSA) is 116 Å². The number of hydrogen-bond acceptors (Lipinski definition) is 5. The van der Waals surface area contributed by atoms with Crippen molar-refractivity contribution in [3.63, 3.8) is 0 Å². The molecule has 1 unspecified atom stereocenters. The number of nitrogens with zero attached hydrogens (tertiary/aromatic N) is 1. The largest absolute Gasteiger partial charge is 0.489 e. The first-order chi connectivity index (χ1) is 15.9. The fourth-order valence-corrected chi connectivity index (χ4v) is 4.46. The highest BCUT2D eigenvalue weighted by molar-refractivity contribution is 7.79. The Kier molecular flexibility index (Phi) is 9.41. The van der Waals surface area contributed by atoms with Crippen molar-refractivity contribution in [2.45, 2.75) is 38.3 Å². The SMILES string of the molecule is O=C(CC1CCN(CS(=O)O)CC1)N[C@@H](Cc1ccc(OCc2ccccc2)cc1)C(=O)O. The molecule has 1 aliphatic rings. The minimum atomic E-state index is -1.86. The van der Waals surface area contributed by atoms with Crippen molar-refractivity contribution in [3.05, 3.63) is 65.7 Å². The lowest BCUT2D eigenvalue weighted by molar-refractivity contribution is -0.142. The molecule has 178 valence electrons. The predicted octanol–water partition coefficient (Wildman–Crippen LogP) is 2.66. The molecule has 3 N–H and O–H groups in total. The zero-order valence-electron chi connectivity index (χ0n) is 18.4. The van der Waals surface area contributed by atoms with Crippen LogP contribution in [0, 0.1) is 5.92 Å². The number of piperidine rings is 1. The number of carbonyl (C=O) groups is 2. The Morgan fingerprint density at radius 3 is 2.33 bits per heavy atom. The Bertz CT molecular complexity index is 930. The van der Waals surface area contributed by atoms with E-state index in [1.165, 1.54) is 0 Å². The lowest BCUT2D eigenvalue weighted by Crippen LogP contribution is -2.44. The lowest BCUT2D eigenvalue weighted by Gasteiger charge is -2.30. The van der Waals surface area contributed by atoms with Gasteiger partial charge in [-0.3, -0.25) is 9.69 Å². The lowest BCUT2D eigenvalue weighted by atomic mass is 9.93. The second-order valence-corrected chi connectivity index (χ2v) is 9.20. The molecule has 1 saturated heterocycles. The quantitative estimate of drug-likeness (QED) is 0.429. The number of carboxylic acids is 1. The van der Waals surface area contributed by atoms with Gasteiger partial charge in [-0.15, -0.1) is 0 Å². The zero-order valence-corrected chi connectivity index (χ0v) is 19.2. The molecule has 33 heavy (non-hydrogen) atoms. The molecular weight excluding hydrogens is 444 g/mol. The minimum absolute atomic E-state index is 0.121. The van der Waals surface area contributed by atoms with Crippen LogP contribution in [0.15, 0.2) is 54.6 Å². The molecule has 1 heterocycles. The van der Waals surface area contributed by atoms with E-state index in [2.05, 4.69) is 5.32 Å². The molecule has 3 rings (SSSR count). The number of hydrogen-bond donors (Lipinski definition) is 3. The van der Waals surface area contributed by atoms with Crippen molar-refractivity contribution >= 4 is 23.0 Å². The van der Waals surface area contributed by atoms with E-state index < -0.39 is 23.1 Å². The molecule has 1 fully saturated rings. The number of benzene rings is 2. The van der Waals surface area contributed by atoms with Crippen molar-refractivity contribution < 1.29 is 28.2 Å². The van der Waals surface area contributed by atoms with Gasteiger partial charge in [-0.05, 0) is 55.1 Å². The zero-order chi connectivity index (χ0) is 23.6. The van der Waals surface area contributed by atoms with Crippen LogP contribution in [0.4, 0.5) is 0 Å². The molecule has 0 aliphatic carbocycles. The van der Waals surface area contributed by atoms with Gasteiger partial charge in [0, 0.05) is 12.8 Å². The summed E-state index contributed by atoms with van der Waals surface area (Å²) < 4.78 is 25.7. The van der Waals surface area contributed by atoms with Crippen molar-refractivity contribution in [2.24, 2.45) is 5.92 Å². The molecule has 2 aromatic rings. The van der Waals surface area contributed by atoms with Crippen LogP contribution in [0.3, 0.4) is 0 Å². The first-order valence-electron chi connectivity index (χ1n) is 11.0. The van der Waals surface area contributed by atoms with Gasteiger partial charge in [0.15, 0.2) is 11.1 Å². The van der Waals surface area contributed by atoms with Gasteiger partial charge in [0.25, 0.3) is 0 Å². The third-order valence-electron chi connectivity index (χ3n) is 5.72. The highest BCUT2D eigenvalue weighted by Crippen LogP contribution is 2.21. The van der Waals surface area contributed by atoms with Crippen molar-refractivity contribution in [3.8, 4) is 5.75 Å². The molecule has 2 aromatic carbocycles. The van der Waals surface area contributed by atoms with Crippen molar-refractivity contribution in [2.75, 3.05) is 19.0 Å². The summed E-state index contributed by atoms with van der Waals surface area (Å²) in [5.41, 5.74) is 1.85. The molecular formula is C24H30N2O6S. The van der Waals surface area contributed by atoms with E-state index in [0.29, 0.717) is 25.4 Å². The van der Waals surface area contributed by atoms with Crippen molar-refractivity contribution in [1.29, 1.82) is 0 Å². The normalized spacial score (nSPS) is 16.6. The summed E-state index contributed by atoms with van der Waals surface area (Å²) in [6.07, 6.45) is 1.92. The van der Waals surface area contributed by atoms with Crippen LogP contribution in [0.5, 0.6) is 5.75 Å². The molecule has 8 nitrogen and oxygen atoms in total. The maximum Gasteiger partial charge on any atom is 0.326 e. The van der Waals surface area contributed by atoms with Gasteiger partial charge in [-0.1, -0.05) is 42.5 Å². The summed E-state index contributed by atoms with van der Waals surface area (Å²) in [6, 6.07) is 16.0. The molecule has 0 saturated carbocycles. The molecule has 0 spiro atoms. The number of carbonyl (C=O) groups excluding carboxylic acids is 1. The number of ether oxygens (including phenoxy) is 1. The van der Waals surface area contributed by atoms with Crippen LogP contribution < -0.4 is 10.1 Å². The predicted molar refractivity (Wildman–Crippen MR) is 125 cm³/mol. The summed E-state index contributed by atoms with van der Waals surface area (Å²) in [5.74, 6) is -0.406. The van der Waals surface area contributed by atoms with Crippen LogP contribution in [0.25, 0.3) is 0 Å². The number of nitrogens with one attached hydrogen (secondary N) is 1. The highest BCUT2D eigenvalue weighted by Gasteiger charge is 2.25. The van der Waals surface area contributed by atoms with E-state index in [4.69, 9.17) is 9.29 Å². The second kappa shape index (κ2) is 12.5. The first-order valence-corrected chi connectivity index (χ1v) is 12.2. The van der Waals surface area contributed by atoms with E-state index in [-0.39, 0.29) is 30.5 Å². The summed E-state index contributed by atoms with van der Waals surface area (Å²) >= 11 is -1.86. The Morgan fingerprint density at radius 2 is 1.73 bits per heavy atom. The Hall–Kier alpha value is -2.75. The van der Waals surface area contributed by atoms with E-state index in [0.717, 1.165) is 24.0 Å².